The lowest BCUT2D eigenvalue weighted by Gasteiger charge is -2.57. The molecule has 0 amide bonds. The van der Waals surface area contributed by atoms with Gasteiger partial charge in [0.15, 0.2) is 9.84 Å². The quantitative estimate of drug-likeness (QED) is 0.348. The van der Waals surface area contributed by atoms with E-state index in [0.29, 0.717) is 23.7 Å². The molecule has 0 N–H and O–H groups in total. The first-order chi connectivity index (χ1) is 19.4. The molecule has 3 fully saturated rings. The van der Waals surface area contributed by atoms with E-state index in [4.69, 9.17) is 18.9 Å². The lowest BCUT2D eigenvalue weighted by molar-refractivity contribution is -0.0829. The highest BCUT2D eigenvalue weighted by Gasteiger charge is 2.60. The zero-order chi connectivity index (χ0) is 29.6. The van der Waals surface area contributed by atoms with E-state index in [9.17, 15) is 18.0 Å². The molecule has 1 aromatic rings. The highest BCUT2D eigenvalue weighted by atomic mass is 32.2. The van der Waals surface area contributed by atoms with Crippen molar-refractivity contribution in [1.29, 1.82) is 0 Å². The van der Waals surface area contributed by atoms with Crippen molar-refractivity contribution in [2.24, 2.45) is 34.5 Å². The van der Waals surface area contributed by atoms with E-state index >= 15 is 0 Å². The van der Waals surface area contributed by atoms with Crippen LogP contribution in [-0.4, -0.2) is 52.9 Å². The standard InChI is InChI=1S/C32H42O8S/c1-20(19-41(35,36)23-9-7-6-8-10-23)25-13-14-26-24-12-11-21-17-22(39-29(33)37-4)18-28(40-30(34)38-5)32(21,3)27(24)15-16-31(25,26)2/h6-12,20,22,25-28H,13-19H2,1-5H3/t20?,22?,25-,26+,27+,28?,31-,32+/m1/s1. The molecule has 0 radical (unpaired) electrons. The molecule has 0 bridgehead atoms. The third kappa shape index (κ3) is 5.19. The van der Waals surface area contributed by atoms with Crippen LogP contribution >= 0.6 is 0 Å². The fourth-order valence-electron chi connectivity index (χ4n) is 8.78. The molecule has 8 nitrogen and oxygen atoms in total. The molecular weight excluding hydrogens is 544 g/mol. The summed E-state index contributed by atoms with van der Waals surface area (Å²) in [5.74, 6) is 0.948. The van der Waals surface area contributed by atoms with Gasteiger partial charge in [-0.3, -0.25) is 0 Å². The number of hydrogen-bond donors (Lipinski definition) is 0. The van der Waals surface area contributed by atoms with E-state index in [-0.39, 0.29) is 28.9 Å². The van der Waals surface area contributed by atoms with Gasteiger partial charge in [-0.2, -0.15) is 0 Å². The summed E-state index contributed by atoms with van der Waals surface area (Å²) in [4.78, 5) is 24.6. The van der Waals surface area contributed by atoms with Crippen LogP contribution in [0.1, 0.15) is 59.3 Å². The molecule has 3 unspecified atom stereocenters. The molecule has 224 valence electrons. The van der Waals surface area contributed by atoms with Gasteiger partial charge in [-0.1, -0.05) is 62.3 Å². The number of methoxy groups -OCH3 is 2. The zero-order valence-electron chi connectivity index (χ0n) is 24.6. The Hall–Kier alpha value is -2.81. The number of sulfone groups is 1. The molecule has 41 heavy (non-hydrogen) atoms. The monoisotopic (exact) mass is 586 g/mol. The predicted octanol–water partition coefficient (Wildman–Crippen LogP) is 6.51. The van der Waals surface area contributed by atoms with Gasteiger partial charge in [0.05, 0.1) is 24.9 Å². The number of carbonyl (C=O) groups is 2. The van der Waals surface area contributed by atoms with Crippen molar-refractivity contribution in [2.45, 2.75) is 76.4 Å². The molecule has 0 aromatic heterocycles. The van der Waals surface area contributed by atoms with Crippen LogP contribution in [0.2, 0.25) is 0 Å². The second-order valence-corrected chi connectivity index (χ2v) is 14.8. The van der Waals surface area contributed by atoms with E-state index in [1.807, 2.05) is 6.07 Å². The maximum atomic E-state index is 13.2. The Morgan fingerprint density at radius 2 is 1.63 bits per heavy atom. The Morgan fingerprint density at radius 1 is 0.951 bits per heavy atom. The van der Waals surface area contributed by atoms with Crippen molar-refractivity contribution < 1.29 is 37.0 Å². The minimum absolute atomic E-state index is 0.0143. The second kappa shape index (κ2) is 11.1. The average Bonchev–Trinajstić information content (AvgIpc) is 3.31. The van der Waals surface area contributed by atoms with E-state index in [1.54, 1.807) is 24.3 Å². The number of ether oxygens (including phenoxy) is 4. The minimum atomic E-state index is -3.38. The van der Waals surface area contributed by atoms with E-state index in [2.05, 4.69) is 32.9 Å². The van der Waals surface area contributed by atoms with Crippen LogP contribution in [0, 0.1) is 34.5 Å². The summed E-state index contributed by atoms with van der Waals surface area (Å²) in [5, 5.41) is 0. The largest absolute Gasteiger partial charge is 0.508 e. The number of rotatable bonds is 6. The van der Waals surface area contributed by atoms with Crippen molar-refractivity contribution in [3.8, 4) is 0 Å². The number of fused-ring (bicyclic) bond motifs is 5. The summed E-state index contributed by atoms with van der Waals surface area (Å²) in [6.45, 7) is 6.62. The highest BCUT2D eigenvalue weighted by molar-refractivity contribution is 7.91. The maximum absolute atomic E-state index is 13.2. The molecule has 9 heteroatoms. The third-order valence-electron chi connectivity index (χ3n) is 10.8. The summed E-state index contributed by atoms with van der Waals surface area (Å²) in [7, 11) is -0.806. The molecule has 0 heterocycles. The Balaban J connectivity index is 1.41. The normalized spacial score (nSPS) is 35.0. The predicted molar refractivity (Wildman–Crippen MR) is 153 cm³/mol. The molecule has 4 aliphatic carbocycles. The summed E-state index contributed by atoms with van der Waals surface area (Å²) in [6.07, 6.45) is 6.65. The molecule has 0 saturated heterocycles. The summed E-state index contributed by atoms with van der Waals surface area (Å²) < 4.78 is 47.5. The van der Waals surface area contributed by atoms with Gasteiger partial charge >= 0.3 is 12.3 Å². The van der Waals surface area contributed by atoms with Gasteiger partial charge in [0.2, 0.25) is 0 Å². The maximum Gasteiger partial charge on any atom is 0.508 e. The molecule has 8 atom stereocenters. The van der Waals surface area contributed by atoms with Crippen molar-refractivity contribution in [3.63, 3.8) is 0 Å². The Bertz CT molecular complexity index is 1330. The molecular formula is C32H42O8S. The van der Waals surface area contributed by atoms with Crippen LogP contribution in [0.5, 0.6) is 0 Å². The van der Waals surface area contributed by atoms with Gasteiger partial charge in [0.1, 0.15) is 12.2 Å². The van der Waals surface area contributed by atoms with Crippen molar-refractivity contribution in [2.75, 3.05) is 20.0 Å². The van der Waals surface area contributed by atoms with Gasteiger partial charge in [0, 0.05) is 18.3 Å². The topological polar surface area (TPSA) is 105 Å². The summed E-state index contributed by atoms with van der Waals surface area (Å²) in [6, 6.07) is 8.75. The minimum Gasteiger partial charge on any atom is -0.438 e. The van der Waals surface area contributed by atoms with Gasteiger partial charge in [-0.25, -0.2) is 18.0 Å². The Labute approximate surface area is 243 Å². The first-order valence-electron chi connectivity index (χ1n) is 14.6. The van der Waals surface area contributed by atoms with Crippen molar-refractivity contribution in [3.05, 3.63) is 53.6 Å². The summed E-state index contributed by atoms with van der Waals surface area (Å²) >= 11 is 0. The van der Waals surface area contributed by atoms with Crippen LogP contribution in [0.15, 0.2) is 58.5 Å². The van der Waals surface area contributed by atoms with Crippen LogP contribution in [-0.2, 0) is 28.8 Å². The highest BCUT2D eigenvalue weighted by Crippen LogP contribution is 2.66. The first kappa shape index (κ1) is 29.7. The summed E-state index contributed by atoms with van der Waals surface area (Å²) in [5.41, 5.74) is 1.99. The average molecular weight is 587 g/mol. The smallest absolute Gasteiger partial charge is 0.438 e. The molecule has 5 rings (SSSR count). The molecule has 1 aromatic carbocycles. The number of carbonyl (C=O) groups excluding carboxylic acids is 2. The Morgan fingerprint density at radius 3 is 2.32 bits per heavy atom. The first-order valence-corrected chi connectivity index (χ1v) is 16.3. The number of benzene rings is 1. The van der Waals surface area contributed by atoms with Crippen molar-refractivity contribution >= 4 is 22.1 Å². The van der Waals surface area contributed by atoms with Crippen LogP contribution in [0.25, 0.3) is 0 Å². The number of allylic oxidation sites excluding steroid dienone is 3. The number of hydrogen-bond acceptors (Lipinski definition) is 8. The van der Waals surface area contributed by atoms with Crippen LogP contribution in [0.3, 0.4) is 0 Å². The van der Waals surface area contributed by atoms with E-state index in [1.165, 1.54) is 19.8 Å². The van der Waals surface area contributed by atoms with Gasteiger partial charge in [0.25, 0.3) is 0 Å². The van der Waals surface area contributed by atoms with Gasteiger partial charge in [-0.15, -0.1) is 0 Å². The van der Waals surface area contributed by atoms with Gasteiger partial charge < -0.3 is 18.9 Å². The second-order valence-electron chi connectivity index (χ2n) is 12.7. The molecule has 3 saturated carbocycles. The third-order valence-corrected chi connectivity index (χ3v) is 12.7. The lowest BCUT2D eigenvalue weighted by atomic mass is 9.49. The molecule has 0 aliphatic heterocycles. The van der Waals surface area contributed by atoms with Crippen molar-refractivity contribution in [1.82, 2.24) is 0 Å². The van der Waals surface area contributed by atoms with E-state index < -0.39 is 39.8 Å². The Kier molecular flexibility index (Phi) is 8.05. The SMILES string of the molecule is COC(=O)OC1CC2=CC=C3[C@@H]4CC[C@H](C(C)CS(=O)(=O)c5ccccc5)[C@@]4(C)CC[C@@H]3[C@@]2(C)C(OC(=O)OC)C1. The van der Waals surface area contributed by atoms with Crippen LogP contribution in [0.4, 0.5) is 9.59 Å². The molecule has 0 spiro atoms. The zero-order valence-corrected chi connectivity index (χ0v) is 25.4. The van der Waals surface area contributed by atoms with E-state index in [0.717, 1.165) is 31.3 Å². The van der Waals surface area contributed by atoms with Gasteiger partial charge in [-0.05, 0) is 66.9 Å². The molecule has 4 aliphatic rings. The fourth-order valence-corrected chi connectivity index (χ4v) is 10.5. The fraction of sp³-hybridized carbons (Fsp3) is 0.625. The lowest BCUT2D eigenvalue weighted by Crippen LogP contribution is -2.54. The van der Waals surface area contributed by atoms with Crippen LogP contribution < -0.4 is 0 Å².